The molecular weight excluding hydrogens is 126 g/mol. The van der Waals surface area contributed by atoms with Crippen LogP contribution in [0.3, 0.4) is 0 Å². The molecule has 0 aromatic carbocycles. The van der Waals surface area contributed by atoms with Crippen LogP contribution in [0.4, 0.5) is 0 Å². The van der Waals surface area contributed by atoms with E-state index in [4.69, 9.17) is 10.5 Å². The molecule has 1 unspecified atom stereocenters. The van der Waals surface area contributed by atoms with E-state index in [1.807, 2.05) is 20.8 Å². The van der Waals surface area contributed by atoms with Crippen LogP contribution in [0.25, 0.3) is 0 Å². The van der Waals surface area contributed by atoms with E-state index in [1.165, 1.54) is 0 Å². The Morgan fingerprint density at radius 2 is 2.00 bits per heavy atom. The van der Waals surface area contributed by atoms with Crippen molar-refractivity contribution in [3.63, 3.8) is 0 Å². The fourth-order valence-corrected chi connectivity index (χ4v) is 0.956. The number of hydrogen-bond acceptors (Lipinski definition) is 2. The minimum absolute atomic E-state index is 0.0434. The van der Waals surface area contributed by atoms with Gasteiger partial charge >= 0.3 is 0 Å². The summed E-state index contributed by atoms with van der Waals surface area (Å²) >= 11 is 0. The van der Waals surface area contributed by atoms with Crippen LogP contribution in [0.15, 0.2) is 0 Å². The zero-order valence-corrected chi connectivity index (χ0v) is 7.31. The van der Waals surface area contributed by atoms with Crippen LogP contribution < -0.4 is 5.73 Å². The van der Waals surface area contributed by atoms with Crippen molar-refractivity contribution in [1.82, 2.24) is 0 Å². The normalized spacial score (nSPS) is 32.4. The van der Waals surface area contributed by atoms with Crippen LogP contribution in [0.5, 0.6) is 0 Å². The van der Waals surface area contributed by atoms with Crippen LogP contribution in [0.2, 0.25) is 0 Å². The molecule has 2 nitrogen and oxygen atoms in total. The Hall–Kier alpha value is -0.0800. The molecule has 0 saturated carbocycles. The summed E-state index contributed by atoms with van der Waals surface area (Å²) in [6.45, 7) is 7.66. The summed E-state index contributed by atoms with van der Waals surface area (Å²) in [7, 11) is 0. The zero-order chi connectivity index (χ0) is 8.04. The fourth-order valence-electron chi connectivity index (χ4n) is 0.956. The summed E-state index contributed by atoms with van der Waals surface area (Å²) in [5.74, 6) is 0. The second-order valence-electron chi connectivity index (χ2n) is 2.81. The zero-order valence-electron chi connectivity index (χ0n) is 7.31. The van der Waals surface area contributed by atoms with Gasteiger partial charge in [0, 0.05) is 12.1 Å². The Kier molecular flexibility index (Phi) is 4.65. The second kappa shape index (κ2) is 4.69. The van der Waals surface area contributed by atoms with Crippen molar-refractivity contribution in [2.75, 3.05) is 13.2 Å². The Balaban J connectivity index is 0.000000371. The topological polar surface area (TPSA) is 35.2 Å². The summed E-state index contributed by atoms with van der Waals surface area (Å²) in [5, 5.41) is 0. The van der Waals surface area contributed by atoms with Crippen LogP contribution in [-0.2, 0) is 4.74 Å². The van der Waals surface area contributed by atoms with Crippen molar-refractivity contribution in [2.45, 2.75) is 39.2 Å². The lowest BCUT2D eigenvalue weighted by Gasteiger charge is -2.28. The van der Waals surface area contributed by atoms with Crippen molar-refractivity contribution < 1.29 is 4.74 Å². The van der Waals surface area contributed by atoms with E-state index in [2.05, 4.69) is 0 Å². The van der Waals surface area contributed by atoms with Gasteiger partial charge in [-0.25, -0.2) is 0 Å². The minimum atomic E-state index is -0.0434. The Morgan fingerprint density at radius 1 is 1.40 bits per heavy atom. The van der Waals surface area contributed by atoms with Crippen molar-refractivity contribution in [2.24, 2.45) is 5.73 Å². The molecular formula is C8H19NO. The quantitative estimate of drug-likeness (QED) is 0.561. The number of ether oxygens (including phenoxy) is 1. The van der Waals surface area contributed by atoms with Gasteiger partial charge in [-0.15, -0.1) is 0 Å². The standard InChI is InChI=1S/C6H13NO.C2H6/c1-6(7)3-2-4-8-5-6;1-2/h2-5,7H2,1H3;1-2H3. The van der Waals surface area contributed by atoms with Gasteiger partial charge in [-0.05, 0) is 19.8 Å². The number of hydrogen-bond donors (Lipinski definition) is 1. The average Bonchev–Trinajstić information content (AvgIpc) is 1.92. The Labute approximate surface area is 63.7 Å². The van der Waals surface area contributed by atoms with E-state index < -0.39 is 0 Å². The third-order valence-corrected chi connectivity index (χ3v) is 1.47. The summed E-state index contributed by atoms with van der Waals surface area (Å²) in [5.41, 5.74) is 5.71. The maximum atomic E-state index is 5.75. The first-order valence-electron chi connectivity index (χ1n) is 4.07. The highest BCUT2D eigenvalue weighted by Crippen LogP contribution is 2.13. The van der Waals surface area contributed by atoms with Crippen molar-refractivity contribution in [3.05, 3.63) is 0 Å². The average molecular weight is 145 g/mol. The molecule has 1 aliphatic heterocycles. The molecule has 1 aliphatic rings. The van der Waals surface area contributed by atoms with Crippen LogP contribution in [0, 0.1) is 0 Å². The first-order chi connectivity index (χ1) is 4.71. The number of nitrogens with two attached hydrogens (primary N) is 1. The molecule has 0 aliphatic carbocycles. The molecule has 0 aromatic heterocycles. The molecule has 0 aromatic rings. The third-order valence-electron chi connectivity index (χ3n) is 1.47. The molecule has 2 N–H and O–H groups in total. The summed E-state index contributed by atoms with van der Waals surface area (Å²) in [4.78, 5) is 0. The van der Waals surface area contributed by atoms with Gasteiger partial charge in [0.1, 0.15) is 0 Å². The molecule has 62 valence electrons. The van der Waals surface area contributed by atoms with Gasteiger partial charge in [0.15, 0.2) is 0 Å². The van der Waals surface area contributed by atoms with Gasteiger partial charge in [0.25, 0.3) is 0 Å². The predicted octanol–water partition coefficient (Wildman–Crippen LogP) is 1.54. The summed E-state index contributed by atoms with van der Waals surface area (Å²) in [6, 6.07) is 0. The van der Waals surface area contributed by atoms with Crippen LogP contribution in [0.1, 0.15) is 33.6 Å². The van der Waals surface area contributed by atoms with E-state index in [1.54, 1.807) is 0 Å². The van der Waals surface area contributed by atoms with Gasteiger partial charge in [-0.3, -0.25) is 0 Å². The highest BCUT2D eigenvalue weighted by molar-refractivity contribution is 4.80. The van der Waals surface area contributed by atoms with Crippen molar-refractivity contribution in [1.29, 1.82) is 0 Å². The maximum absolute atomic E-state index is 5.75. The van der Waals surface area contributed by atoms with E-state index in [9.17, 15) is 0 Å². The lowest BCUT2D eigenvalue weighted by Crippen LogP contribution is -2.44. The Morgan fingerprint density at radius 3 is 2.20 bits per heavy atom. The first kappa shape index (κ1) is 9.92. The lowest BCUT2D eigenvalue weighted by molar-refractivity contribution is 0.0458. The molecule has 0 spiro atoms. The molecule has 1 heterocycles. The van der Waals surface area contributed by atoms with Crippen molar-refractivity contribution in [3.8, 4) is 0 Å². The largest absolute Gasteiger partial charge is 0.380 e. The van der Waals surface area contributed by atoms with E-state index in [0.717, 1.165) is 26.1 Å². The van der Waals surface area contributed by atoms with Gasteiger partial charge in [0.05, 0.1) is 6.61 Å². The molecule has 1 atom stereocenters. The number of rotatable bonds is 0. The lowest BCUT2D eigenvalue weighted by atomic mass is 9.97. The molecule has 0 bridgehead atoms. The van der Waals surface area contributed by atoms with Crippen molar-refractivity contribution >= 4 is 0 Å². The van der Waals surface area contributed by atoms with E-state index in [-0.39, 0.29) is 5.54 Å². The molecule has 1 rings (SSSR count). The maximum Gasteiger partial charge on any atom is 0.0643 e. The van der Waals surface area contributed by atoms with Gasteiger partial charge < -0.3 is 10.5 Å². The van der Waals surface area contributed by atoms with E-state index in [0.29, 0.717) is 0 Å². The van der Waals surface area contributed by atoms with E-state index >= 15 is 0 Å². The summed E-state index contributed by atoms with van der Waals surface area (Å²) < 4.78 is 5.16. The van der Waals surface area contributed by atoms with Crippen LogP contribution >= 0.6 is 0 Å². The molecule has 0 radical (unpaired) electrons. The minimum Gasteiger partial charge on any atom is -0.380 e. The Bertz CT molecular complexity index is 73.3. The smallest absolute Gasteiger partial charge is 0.0643 e. The highest BCUT2D eigenvalue weighted by Gasteiger charge is 2.21. The molecule has 0 amide bonds. The van der Waals surface area contributed by atoms with Gasteiger partial charge in [-0.1, -0.05) is 13.8 Å². The monoisotopic (exact) mass is 145 g/mol. The second-order valence-corrected chi connectivity index (χ2v) is 2.81. The molecule has 2 heteroatoms. The van der Waals surface area contributed by atoms with Gasteiger partial charge in [0.2, 0.25) is 0 Å². The predicted molar refractivity (Wildman–Crippen MR) is 44.0 cm³/mol. The molecule has 10 heavy (non-hydrogen) atoms. The highest BCUT2D eigenvalue weighted by atomic mass is 16.5. The molecule has 1 saturated heterocycles. The van der Waals surface area contributed by atoms with Crippen LogP contribution in [-0.4, -0.2) is 18.8 Å². The third kappa shape index (κ3) is 3.85. The summed E-state index contributed by atoms with van der Waals surface area (Å²) in [6.07, 6.45) is 2.22. The first-order valence-corrected chi connectivity index (χ1v) is 4.07. The van der Waals surface area contributed by atoms with Gasteiger partial charge in [-0.2, -0.15) is 0 Å². The fraction of sp³-hybridized carbons (Fsp3) is 1.00. The molecule has 1 fully saturated rings. The SMILES string of the molecule is CC.CC1(N)CCCOC1.